The largest absolute Gasteiger partial charge is 0.480 e. The van der Waals surface area contributed by atoms with Crippen molar-refractivity contribution in [2.75, 3.05) is 0 Å². The highest BCUT2D eigenvalue weighted by molar-refractivity contribution is 5.83. The number of carboxylic acid groups (broad SMARTS) is 1. The number of nitrogens with zero attached hydrogens (tertiary/aromatic N) is 4. The number of hydrogen-bond acceptors (Lipinski definition) is 5. The maximum Gasteiger partial charge on any atom is 0.326 e. The monoisotopic (exact) mass is 241 g/mol. The van der Waals surface area contributed by atoms with Crippen molar-refractivity contribution >= 4 is 11.9 Å². The number of amides is 1. The van der Waals surface area contributed by atoms with Gasteiger partial charge < -0.3 is 10.4 Å². The normalized spacial score (nSPS) is 13.1. The van der Waals surface area contributed by atoms with Gasteiger partial charge in [0.1, 0.15) is 18.9 Å². The van der Waals surface area contributed by atoms with Crippen LogP contribution in [0.3, 0.4) is 0 Å². The summed E-state index contributed by atoms with van der Waals surface area (Å²) in [6, 6.07) is -0.952. The van der Waals surface area contributed by atoms with Crippen LogP contribution in [-0.4, -0.2) is 43.2 Å². The number of tetrazole rings is 1. The molecule has 0 saturated carbocycles. The molecule has 0 aliphatic carbocycles. The van der Waals surface area contributed by atoms with E-state index in [1.165, 1.54) is 11.0 Å². The van der Waals surface area contributed by atoms with E-state index in [-0.39, 0.29) is 6.54 Å². The third-order valence-electron chi connectivity index (χ3n) is 2.12. The van der Waals surface area contributed by atoms with Crippen molar-refractivity contribution in [2.45, 2.75) is 33.4 Å². The molecule has 0 aromatic carbocycles. The zero-order valence-electron chi connectivity index (χ0n) is 9.91. The highest BCUT2D eigenvalue weighted by atomic mass is 16.4. The first-order chi connectivity index (χ1) is 7.80. The van der Waals surface area contributed by atoms with Crippen molar-refractivity contribution in [3.8, 4) is 0 Å². The summed E-state index contributed by atoms with van der Waals surface area (Å²) in [5.41, 5.74) is -0.567. The van der Waals surface area contributed by atoms with E-state index in [9.17, 15) is 9.59 Å². The summed E-state index contributed by atoms with van der Waals surface area (Å²) in [6.45, 7) is 5.11. The predicted molar refractivity (Wildman–Crippen MR) is 56.8 cm³/mol. The summed E-state index contributed by atoms with van der Waals surface area (Å²) >= 11 is 0. The van der Waals surface area contributed by atoms with E-state index in [1.54, 1.807) is 20.8 Å². The van der Waals surface area contributed by atoms with Gasteiger partial charge in [0.2, 0.25) is 5.91 Å². The predicted octanol–water partition coefficient (Wildman–Crippen LogP) is -0.711. The minimum atomic E-state index is -1.07. The molecule has 17 heavy (non-hydrogen) atoms. The fourth-order valence-corrected chi connectivity index (χ4v) is 1.26. The molecule has 1 rings (SSSR count). The van der Waals surface area contributed by atoms with Crippen molar-refractivity contribution in [3.63, 3.8) is 0 Å². The maximum atomic E-state index is 11.6. The molecule has 0 aliphatic heterocycles. The van der Waals surface area contributed by atoms with Gasteiger partial charge in [-0.1, -0.05) is 20.8 Å². The molecule has 8 nitrogen and oxygen atoms in total. The SMILES string of the molecule is CC(C)(C)[C@@H](NC(=O)Cn1cnnn1)C(=O)O. The highest BCUT2D eigenvalue weighted by Crippen LogP contribution is 2.19. The van der Waals surface area contributed by atoms with E-state index in [2.05, 4.69) is 20.8 Å². The van der Waals surface area contributed by atoms with Gasteiger partial charge in [-0.2, -0.15) is 0 Å². The Labute approximate surface area is 98.0 Å². The van der Waals surface area contributed by atoms with Crippen LogP contribution in [0.4, 0.5) is 0 Å². The number of hydrogen-bond donors (Lipinski definition) is 2. The summed E-state index contributed by atoms with van der Waals surface area (Å²) in [5.74, 6) is -1.51. The number of aromatic nitrogens is 4. The Hall–Kier alpha value is -1.99. The molecule has 0 aliphatic rings. The number of aliphatic carboxylic acids is 1. The molecule has 0 radical (unpaired) electrons. The van der Waals surface area contributed by atoms with Crippen molar-refractivity contribution in [1.82, 2.24) is 25.5 Å². The van der Waals surface area contributed by atoms with Gasteiger partial charge in [-0.25, -0.2) is 9.48 Å². The Morgan fingerprint density at radius 2 is 2.12 bits per heavy atom. The van der Waals surface area contributed by atoms with E-state index in [1.807, 2.05) is 0 Å². The van der Waals surface area contributed by atoms with Crippen LogP contribution in [0.15, 0.2) is 6.33 Å². The van der Waals surface area contributed by atoms with Crippen LogP contribution in [0.2, 0.25) is 0 Å². The topological polar surface area (TPSA) is 110 Å². The molecule has 0 unspecified atom stereocenters. The first-order valence-corrected chi connectivity index (χ1v) is 5.03. The van der Waals surface area contributed by atoms with Gasteiger partial charge in [0.05, 0.1) is 0 Å². The molecule has 0 fully saturated rings. The van der Waals surface area contributed by atoms with Crippen LogP contribution in [-0.2, 0) is 16.1 Å². The molecular weight excluding hydrogens is 226 g/mol. The summed E-state index contributed by atoms with van der Waals surface area (Å²) < 4.78 is 1.22. The Bertz CT molecular complexity index is 395. The van der Waals surface area contributed by atoms with E-state index in [0.29, 0.717) is 0 Å². The van der Waals surface area contributed by atoms with Crippen LogP contribution in [0, 0.1) is 5.41 Å². The lowest BCUT2D eigenvalue weighted by atomic mass is 9.87. The minimum Gasteiger partial charge on any atom is -0.480 e. The number of carboxylic acids is 1. The smallest absolute Gasteiger partial charge is 0.326 e. The number of rotatable bonds is 4. The lowest BCUT2D eigenvalue weighted by Crippen LogP contribution is -2.50. The Morgan fingerprint density at radius 1 is 1.47 bits per heavy atom. The molecule has 2 N–H and O–H groups in total. The number of nitrogens with one attached hydrogen (secondary N) is 1. The van der Waals surface area contributed by atoms with Crippen LogP contribution < -0.4 is 5.32 Å². The number of carbonyl (C=O) groups excluding carboxylic acids is 1. The maximum absolute atomic E-state index is 11.6. The summed E-state index contributed by atoms with van der Waals surface area (Å²) in [5, 5.41) is 21.7. The Morgan fingerprint density at radius 3 is 2.53 bits per heavy atom. The van der Waals surface area contributed by atoms with E-state index < -0.39 is 23.3 Å². The minimum absolute atomic E-state index is 0.104. The average molecular weight is 241 g/mol. The Kier molecular flexibility index (Phi) is 3.77. The van der Waals surface area contributed by atoms with Crippen molar-refractivity contribution in [1.29, 1.82) is 0 Å². The van der Waals surface area contributed by atoms with Gasteiger partial charge in [0, 0.05) is 0 Å². The third-order valence-corrected chi connectivity index (χ3v) is 2.12. The molecule has 0 bridgehead atoms. The zero-order chi connectivity index (χ0) is 13.1. The number of carbonyl (C=O) groups is 2. The highest BCUT2D eigenvalue weighted by Gasteiger charge is 2.32. The fourth-order valence-electron chi connectivity index (χ4n) is 1.26. The molecule has 1 heterocycles. The third kappa shape index (κ3) is 3.82. The average Bonchev–Trinajstić information content (AvgIpc) is 2.64. The van der Waals surface area contributed by atoms with E-state index in [4.69, 9.17) is 5.11 Å². The first kappa shape index (κ1) is 13.1. The second kappa shape index (κ2) is 4.89. The quantitative estimate of drug-likeness (QED) is 0.720. The van der Waals surface area contributed by atoms with Crippen LogP contribution in [0.5, 0.6) is 0 Å². The molecule has 0 spiro atoms. The summed E-state index contributed by atoms with van der Waals surface area (Å²) in [6.07, 6.45) is 1.28. The van der Waals surface area contributed by atoms with Gasteiger partial charge in [-0.3, -0.25) is 4.79 Å². The van der Waals surface area contributed by atoms with Crippen LogP contribution >= 0.6 is 0 Å². The van der Waals surface area contributed by atoms with E-state index >= 15 is 0 Å². The molecule has 94 valence electrons. The molecule has 8 heteroatoms. The second-order valence-electron chi connectivity index (χ2n) is 4.71. The van der Waals surface area contributed by atoms with Gasteiger partial charge in [-0.15, -0.1) is 5.10 Å². The van der Waals surface area contributed by atoms with Gasteiger partial charge in [0.15, 0.2) is 0 Å². The molecule has 1 aromatic heterocycles. The van der Waals surface area contributed by atoms with Crippen LogP contribution in [0.25, 0.3) is 0 Å². The van der Waals surface area contributed by atoms with E-state index in [0.717, 1.165) is 0 Å². The van der Waals surface area contributed by atoms with Gasteiger partial charge in [0.25, 0.3) is 0 Å². The lowest BCUT2D eigenvalue weighted by molar-refractivity contribution is -0.145. The lowest BCUT2D eigenvalue weighted by Gasteiger charge is -2.27. The van der Waals surface area contributed by atoms with Gasteiger partial charge in [-0.05, 0) is 15.8 Å². The molecule has 1 atom stereocenters. The molecule has 0 saturated heterocycles. The second-order valence-corrected chi connectivity index (χ2v) is 4.71. The van der Waals surface area contributed by atoms with Gasteiger partial charge >= 0.3 is 5.97 Å². The van der Waals surface area contributed by atoms with Crippen molar-refractivity contribution in [2.24, 2.45) is 5.41 Å². The summed E-state index contributed by atoms with van der Waals surface area (Å²) in [7, 11) is 0. The first-order valence-electron chi connectivity index (χ1n) is 5.03. The Balaban J connectivity index is 2.62. The zero-order valence-corrected chi connectivity index (χ0v) is 9.91. The molecule has 1 amide bonds. The molecule has 1 aromatic rings. The van der Waals surface area contributed by atoms with Crippen molar-refractivity contribution < 1.29 is 14.7 Å². The standard InChI is InChI=1S/C9H15N5O3/c1-9(2,3)7(8(16)17)11-6(15)4-14-5-10-12-13-14/h5,7H,4H2,1-3H3,(H,11,15)(H,16,17)/t7-/m0/s1. The molecular formula is C9H15N5O3. The van der Waals surface area contributed by atoms with Crippen LogP contribution in [0.1, 0.15) is 20.8 Å². The fraction of sp³-hybridized carbons (Fsp3) is 0.667. The van der Waals surface area contributed by atoms with Crippen molar-refractivity contribution in [3.05, 3.63) is 6.33 Å². The summed E-state index contributed by atoms with van der Waals surface area (Å²) in [4.78, 5) is 22.6.